The highest BCUT2D eigenvalue weighted by Crippen LogP contribution is 2.15. The maximum Gasteiger partial charge on any atom is 0.272 e. The summed E-state index contributed by atoms with van der Waals surface area (Å²) in [6.45, 7) is 5.60. The number of carbonyl (C=O) groups is 1. The fourth-order valence-corrected chi connectivity index (χ4v) is 2.85. The third-order valence-electron chi connectivity index (χ3n) is 3.95. The van der Waals surface area contributed by atoms with Gasteiger partial charge in [0.15, 0.2) is 0 Å². The van der Waals surface area contributed by atoms with Gasteiger partial charge in [-0.1, -0.05) is 30.3 Å². The van der Waals surface area contributed by atoms with Crippen LogP contribution in [0.15, 0.2) is 42.6 Å². The van der Waals surface area contributed by atoms with Crippen LogP contribution in [0.5, 0.6) is 0 Å². The number of hydrogen-bond donors (Lipinski definition) is 1. The van der Waals surface area contributed by atoms with Crippen LogP contribution in [-0.4, -0.2) is 51.6 Å². The standard InChI is InChI=1S/C16H20N4O/c1-13-11-19(12-14-5-3-2-4-6-14)9-10-20(13)16(21)15-7-8-17-18-15/h2-8,13H,9-12H2,1H3,(H,17,18). The number of carbonyl (C=O) groups excluding carboxylic acids is 1. The molecule has 110 valence electrons. The molecule has 3 rings (SSSR count). The quantitative estimate of drug-likeness (QED) is 0.934. The largest absolute Gasteiger partial charge is 0.332 e. The van der Waals surface area contributed by atoms with E-state index < -0.39 is 0 Å². The topological polar surface area (TPSA) is 52.2 Å². The molecule has 1 aliphatic heterocycles. The predicted molar refractivity (Wildman–Crippen MR) is 80.8 cm³/mol. The third kappa shape index (κ3) is 3.13. The first-order chi connectivity index (χ1) is 10.2. The lowest BCUT2D eigenvalue weighted by Gasteiger charge is -2.39. The van der Waals surface area contributed by atoms with Crippen LogP contribution in [0, 0.1) is 0 Å². The van der Waals surface area contributed by atoms with Crippen LogP contribution >= 0.6 is 0 Å². The van der Waals surface area contributed by atoms with Crippen molar-refractivity contribution in [3.63, 3.8) is 0 Å². The average Bonchev–Trinajstić information content (AvgIpc) is 3.02. The molecule has 1 amide bonds. The molecule has 2 heterocycles. The van der Waals surface area contributed by atoms with Gasteiger partial charge >= 0.3 is 0 Å². The second kappa shape index (κ2) is 6.10. The van der Waals surface area contributed by atoms with Gasteiger partial charge in [-0.25, -0.2) is 0 Å². The average molecular weight is 284 g/mol. The minimum absolute atomic E-state index is 0.0411. The lowest BCUT2D eigenvalue weighted by atomic mass is 10.1. The zero-order chi connectivity index (χ0) is 14.7. The number of hydrogen-bond acceptors (Lipinski definition) is 3. The Bertz CT molecular complexity index is 582. The Morgan fingerprint density at radius 3 is 2.76 bits per heavy atom. The molecule has 1 unspecified atom stereocenters. The van der Waals surface area contributed by atoms with Gasteiger partial charge in [-0.2, -0.15) is 5.10 Å². The molecule has 1 atom stereocenters. The van der Waals surface area contributed by atoms with E-state index >= 15 is 0 Å². The molecular formula is C16H20N4O. The van der Waals surface area contributed by atoms with Gasteiger partial charge in [0.2, 0.25) is 0 Å². The van der Waals surface area contributed by atoms with Crippen molar-refractivity contribution < 1.29 is 4.79 Å². The van der Waals surface area contributed by atoms with Crippen molar-refractivity contribution in [2.45, 2.75) is 19.5 Å². The van der Waals surface area contributed by atoms with Gasteiger partial charge in [-0.15, -0.1) is 0 Å². The highest BCUT2D eigenvalue weighted by molar-refractivity contribution is 5.92. The molecule has 1 saturated heterocycles. The van der Waals surface area contributed by atoms with Gasteiger partial charge in [-0.05, 0) is 18.6 Å². The molecule has 0 aliphatic carbocycles. The summed E-state index contributed by atoms with van der Waals surface area (Å²) in [4.78, 5) is 16.7. The van der Waals surface area contributed by atoms with Crippen molar-refractivity contribution in [2.24, 2.45) is 0 Å². The Kier molecular flexibility index (Phi) is 4.01. The maximum absolute atomic E-state index is 12.4. The van der Waals surface area contributed by atoms with Gasteiger partial charge in [-0.3, -0.25) is 14.8 Å². The first-order valence-electron chi connectivity index (χ1n) is 7.30. The fraction of sp³-hybridized carbons (Fsp3) is 0.375. The zero-order valence-electron chi connectivity index (χ0n) is 12.2. The summed E-state index contributed by atoms with van der Waals surface area (Å²) in [5, 5.41) is 6.60. The number of piperazine rings is 1. The van der Waals surface area contributed by atoms with E-state index in [1.165, 1.54) is 5.56 Å². The molecule has 0 radical (unpaired) electrons. The van der Waals surface area contributed by atoms with E-state index in [-0.39, 0.29) is 11.9 Å². The lowest BCUT2D eigenvalue weighted by molar-refractivity contribution is 0.0470. The molecule has 0 bridgehead atoms. The van der Waals surface area contributed by atoms with Gasteiger partial charge in [0.25, 0.3) is 5.91 Å². The first-order valence-corrected chi connectivity index (χ1v) is 7.30. The third-order valence-corrected chi connectivity index (χ3v) is 3.95. The summed E-state index contributed by atoms with van der Waals surface area (Å²) in [5.74, 6) is 0.0411. The van der Waals surface area contributed by atoms with Gasteiger partial charge in [0.05, 0.1) is 0 Å². The first kappa shape index (κ1) is 13.8. The number of amides is 1. The van der Waals surface area contributed by atoms with E-state index in [9.17, 15) is 4.79 Å². The summed E-state index contributed by atoms with van der Waals surface area (Å²) in [6, 6.07) is 12.4. The Morgan fingerprint density at radius 2 is 2.10 bits per heavy atom. The van der Waals surface area contributed by atoms with Crippen molar-refractivity contribution in [1.29, 1.82) is 0 Å². The minimum atomic E-state index is 0.0411. The molecule has 2 aromatic rings. The van der Waals surface area contributed by atoms with Crippen LogP contribution in [0.4, 0.5) is 0 Å². The Morgan fingerprint density at radius 1 is 1.29 bits per heavy atom. The molecule has 5 heteroatoms. The number of H-pyrrole nitrogens is 1. The molecule has 1 fully saturated rings. The Balaban J connectivity index is 1.61. The highest BCUT2D eigenvalue weighted by Gasteiger charge is 2.28. The van der Waals surface area contributed by atoms with E-state index in [0.29, 0.717) is 5.69 Å². The molecule has 1 aromatic heterocycles. The lowest BCUT2D eigenvalue weighted by Crippen LogP contribution is -2.53. The van der Waals surface area contributed by atoms with Crippen molar-refractivity contribution in [3.05, 3.63) is 53.9 Å². The normalized spacial score (nSPS) is 19.7. The Hall–Kier alpha value is -2.14. The van der Waals surface area contributed by atoms with E-state index in [0.717, 1.165) is 26.2 Å². The molecule has 1 aliphatic rings. The maximum atomic E-state index is 12.4. The monoisotopic (exact) mass is 284 g/mol. The summed E-state index contributed by atoms with van der Waals surface area (Å²) >= 11 is 0. The minimum Gasteiger partial charge on any atom is -0.332 e. The molecule has 21 heavy (non-hydrogen) atoms. The SMILES string of the molecule is CC1CN(Cc2ccccc2)CCN1C(=O)c1ccn[nH]1. The van der Waals surface area contributed by atoms with E-state index in [2.05, 4.69) is 46.3 Å². The van der Waals surface area contributed by atoms with Crippen LogP contribution in [0.3, 0.4) is 0 Å². The van der Waals surface area contributed by atoms with Crippen molar-refractivity contribution in [3.8, 4) is 0 Å². The molecule has 1 aromatic carbocycles. The number of benzene rings is 1. The molecule has 0 saturated carbocycles. The number of aromatic amines is 1. The predicted octanol–water partition coefficient (Wildman–Crippen LogP) is 1.76. The van der Waals surface area contributed by atoms with Crippen LogP contribution in [0.1, 0.15) is 23.0 Å². The number of nitrogens with zero attached hydrogens (tertiary/aromatic N) is 3. The number of nitrogens with one attached hydrogen (secondary N) is 1. The smallest absolute Gasteiger partial charge is 0.272 e. The molecule has 1 N–H and O–H groups in total. The number of aromatic nitrogens is 2. The fourth-order valence-electron chi connectivity index (χ4n) is 2.85. The second-order valence-electron chi connectivity index (χ2n) is 5.54. The second-order valence-corrected chi connectivity index (χ2v) is 5.54. The van der Waals surface area contributed by atoms with Gasteiger partial charge in [0.1, 0.15) is 5.69 Å². The molecule has 0 spiro atoms. The number of rotatable bonds is 3. The van der Waals surface area contributed by atoms with Crippen LogP contribution in [0.25, 0.3) is 0 Å². The molecular weight excluding hydrogens is 264 g/mol. The van der Waals surface area contributed by atoms with Crippen molar-refractivity contribution >= 4 is 5.91 Å². The highest BCUT2D eigenvalue weighted by atomic mass is 16.2. The van der Waals surface area contributed by atoms with Crippen LogP contribution < -0.4 is 0 Å². The summed E-state index contributed by atoms with van der Waals surface area (Å²) < 4.78 is 0. The Labute approximate surface area is 124 Å². The van der Waals surface area contributed by atoms with Crippen LogP contribution in [-0.2, 0) is 6.54 Å². The van der Waals surface area contributed by atoms with Crippen molar-refractivity contribution in [2.75, 3.05) is 19.6 Å². The van der Waals surface area contributed by atoms with E-state index in [1.54, 1.807) is 12.3 Å². The zero-order valence-corrected chi connectivity index (χ0v) is 12.2. The van der Waals surface area contributed by atoms with Crippen molar-refractivity contribution in [1.82, 2.24) is 20.0 Å². The van der Waals surface area contributed by atoms with E-state index in [4.69, 9.17) is 0 Å². The van der Waals surface area contributed by atoms with E-state index in [1.807, 2.05) is 11.0 Å². The summed E-state index contributed by atoms with van der Waals surface area (Å²) in [5.41, 5.74) is 1.89. The van der Waals surface area contributed by atoms with Gasteiger partial charge < -0.3 is 4.90 Å². The summed E-state index contributed by atoms with van der Waals surface area (Å²) in [6.07, 6.45) is 1.61. The van der Waals surface area contributed by atoms with Gasteiger partial charge in [0, 0.05) is 38.4 Å². The van der Waals surface area contributed by atoms with Crippen LogP contribution in [0.2, 0.25) is 0 Å². The summed E-state index contributed by atoms with van der Waals surface area (Å²) in [7, 11) is 0. The molecule has 5 nitrogen and oxygen atoms in total.